The van der Waals surface area contributed by atoms with Gasteiger partial charge in [0.15, 0.2) is 5.65 Å². The number of unbranched alkanes of at least 4 members (excludes halogenated alkanes) is 1. The summed E-state index contributed by atoms with van der Waals surface area (Å²) < 4.78 is 2.55. The van der Waals surface area contributed by atoms with Crippen molar-refractivity contribution in [2.24, 2.45) is 18.7 Å². The number of aryl methyl sites for hydroxylation is 1. The Balaban J connectivity index is 1.86. The molecule has 3 rings (SSSR count). The third-order valence-electron chi connectivity index (χ3n) is 5.59. The zero-order valence-electron chi connectivity index (χ0n) is 15.6. The molecule has 0 spiro atoms. The maximum absolute atomic E-state index is 12.8. The SMILES string of the molecule is Cn1c(=O)n(CCCCC(=O)O)c(=O)c2[nH]c(C3CCC(CN)CC3)nc21. The quantitative estimate of drug-likeness (QED) is 0.614. The van der Waals surface area contributed by atoms with Gasteiger partial charge in [0.2, 0.25) is 0 Å². The summed E-state index contributed by atoms with van der Waals surface area (Å²) >= 11 is 0. The van der Waals surface area contributed by atoms with Gasteiger partial charge in [-0.2, -0.15) is 0 Å². The topological polar surface area (TPSA) is 136 Å². The Bertz CT molecular complexity index is 934. The normalized spacial score (nSPS) is 20.2. The number of nitrogens with zero attached hydrogens (tertiary/aromatic N) is 3. The molecule has 2 aromatic rings. The average molecular weight is 377 g/mol. The number of rotatable bonds is 7. The molecule has 2 heterocycles. The van der Waals surface area contributed by atoms with Crippen molar-refractivity contribution >= 4 is 17.1 Å². The molecule has 148 valence electrons. The fraction of sp³-hybridized carbons (Fsp3) is 0.667. The molecule has 0 bridgehead atoms. The van der Waals surface area contributed by atoms with Crippen LogP contribution in [0.3, 0.4) is 0 Å². The van der Waals surface area contributed by atoms with E-state index in [9.17, 15) is 14.4 Å². The third-order valence-corrected chi connectivity index (χ3v) is 5.59. The number of fused-ring (bicyclic) bond motifs is 1. The Labute approximate surface area is 156 Å². The smallest absolute Gasteiger partial charge is 0.332 e. The Morgan fingerprint density at radius 1 is 1.26 bits per heavy atom. The zero-order chi connectivity index (χ0) is 19.6. The van der Waals surface area contributed by atoms with E-state index in [4.69, 9.17) is 10.8 Å². The number of carbonyl (C=O) groups is 1. The van der Waals surface area contributed by atoms with E-state index in [-0.39, 0.29) is 18.9 Å². The molecule has 2 aromatic heterocycles. The molecule has 1 aliphatic carbocycles. The molecule has 0 saturated heterocycles. The minimum atomic E-state index is -0.881. The highest BCUT2D eigenvalue weighted by Crippen LogP contribution is 2.34. The number of nitrogens with two attached hydrogens (primary N) is 1. The number of carboxylic acids is 1. The summed E-state index contributed by atoms with van der Waals surface area (Å²) in [6.45, 7) is 0.901. The van der Waals surface area contributed by atoms with Gasteiger partial charge in [0, 0.05) is 25.9 Å². The molecule has 0 radical (unpaired) electrons. The number of H-pyrrole nitrogens is 1. The van der Waals surface area contributed by atoms with Crippen LogP contribution in [0.1, 0.15) is 56.7 Å². The highest BCUT2D eigenvalue weighted by atomic mass is 16.4. The minimum Gasteiger partial charge on any atom is -0.481 e. The number of aliphatic carboxylic acids is 1. The first-order valence-electron chi connectivity index (χ1n) is 9.53. The number of imidazole rings is 1. The number of aromatic amines is 1. The Hall–Kier alpha value is -2.42. The predicted molar refractivity (Wildman–Crippen MR) is 101 cm³/mol. The van der Waals surface area contributed by atoms with Crippen LogP contribution in [-0.4, -0.2) is 36.7 Å². The van der Waals surface area contributed by atoms with Crippen LogP contribution in [0.25, 0.3) is 11.2 Å². The summed E-state index contributed by atoms with van der Waals surface area (Å²) in [6.07, 6.45) is 4.93. The van der Waals surface area contributed by atoms with E-state index in [0.29, 0.717) is 36.5 Å². The Morgan fingerprint density at radius 2 is 1.96 bits per heavy atom. The van der Waals surface area contributed by atoms with Crippen LogP contribution in [0.4, 0.5) is 0 Å². The van der Waals surface area contributed by atoms with Crippen LogP contribution in [-0.2, 0) is 18.4 Å². The molecule has 1 fully saturated rings. The van der Waals surface area contributed by atoms with Crippen molar-refractivity contribution in [2.45, 2.75) is 57.4 Å². The molecule has 1 saturated carbocycles. The molecule has 0 atom stereocenters. The molecule has 27 heavy (non-hydrogen) atoms. The lowest BCUT2D eigenvalue weighted by Gasteiger charge is -2.26. The largest absolute Gasteiger partial charge is 0.481 e. The maximum atomic E-state index is 12.8. The lowest BCUT2D eigenvalue weighted by molar-refractivity contribution is -0.137. The number of aromatic nitrogens is 4. The van der Waals surface area contributed by atoms with Gasteiger partial charge in [0.05, 0.1) is 0 Å². The van der Waals surface area contributed by atoms with Crippen molar-refractivity contribution in [3.63, 3.8) is 0 Å². The van der Waals surface area contributed by atoms with E-state index in [0.717, 1.165) is 36.1 Å². The predicted octanol–water partition coefficient (Wildman–Crippen LogP) is 0.911. The summed E-state index contributed by atoms with van der Waals surface area (Å²) in [5.41, 5.74) is 5.65. The minimum absolute atomic E-state index is 0.0248. The molecule has 9 nitrogen and oxygen atoms in total. The van der Waals surface area contributed by atoms with Crippen LogP contribution in [0, 0.1) is 5.92 Å². The van der Waals surface area contributed by atoms with Gasteiger partial charge in [0.25, 0.3) is 5.56 Å². The van der Waals surface area contributed by atoms with Gasteiger partial charge in [0.1, 0.15) is 11.3 Å². The zero-order valence-corrected chi connectivity index (χ0v) is 15.6. The van der Waals surface area contributed by atoms with E-state index in [2.05, 4.69) is 9.97 Å². The molecule has 0 amide bonds. The van der Waals surface area contributed by atoms with Gasteiger partial charge in [-0.25, -0.2) is 9.78 Å². The maximum Gasteiger partial charge on any atom is 0.332 e. The van der Waals surface area contributed by atoms with E-state index in [1.165, 1.54) is 4.57 Å². The van der Waals surface area contributed by atoms with Crippen molar-refractivity contribution in [1.82, 2.24) is 19.1 Å². The number of nitrogens with one attached hydrogen (secondary N) is 1. The van der Waals surface area contributed by atoms with E-state index in [1.807, 2.05) is 0 Å². The van der Waals surface area contributed by atoms with Gasteiger partial charge in [-0.1, -0.05) is 0 Å². The first kappa shape index (κ1) is 19.3. The lowest BCUT2D eigenvalue weighted by atomic mass is 9.82. The van der Waals surface area contributed by atoms with Crippen molar-refractivity contribution in [3.8, 4) is 0 Å². The van der Waals surface area contributed by atoms with Crippen LogP contribution in [0.2, 0.25) is 0 Å². The van der Waals surface area contributed by atoms with Gasteiger partial charge in [-0.05, 0) is 51.0 Å². The molecule has 4 N–H and O–H groups in total. The summed E-state index contributed by atoms with van der Waals surface area (Å²) in [5.74, 6) is 0.682. The van der Waals surface area contributed by atoms with Crippen LogP contribution in [0.15, 0.2) is 9.59 Å². The monoisotopic (exact) mass is 377 g/mol. The van der Waals surface area contributed by atoms with Crippen LogP contribution < -0.4 is 17.0 Å². The van der Waals surface area contributed by atoms with E-state index in [1.54, 1.807) is 7.05 Å². The van der Waals surface area contributed by atoms with Crippen molar-refractivity contribution in [2.75, 3.05) is 6.54 Å². The fourth-order valence-corrected chi connectivity index (χ4v) is 3.88. The molecular weight excluding hydrogens is 350 g/mol. The lowest BCUT2D eigenvalue weighted by Crippen LogP contribution is -2.39. The molecule has 0 unspecified atom stereocenters. The highest BCUT2D eigenvalue weighted by Gasteiger charge is 2.25. The molecule has 9 heteroatoms. The van der Waals surface area contributed by atoms with Gasteiger partial charge >= 0.3 is 11.7 Å². The number of carboxylic acid groups (broad SMARTS) is 1. The van der Waals surface area contributed by atoms with Gasteiger partial charge in [-0.15, -0.1) is 0 Å². The number of hydrogen-bond acceptors (Lipinski definition) is 5. The molecule has 0 aliphatic heterocycles. The molecule has 1 aliphatic rings. The second kappa shape index (κ2) is 8.08. The Kier molecular flexibility index (Phi) is 5.79. The fourth-order valence-electron chi connectivity index (χ4n) is 3.88. The van der Waals surface area contributed by atoms with E-state index >= 15 is 0 Å². The standard InChI is InChI=1S/C18H27N5O4/c1-22-16-14(17(26)23(18(22)27)9-3-2-4-13(24)25)20-15(21-16)12-7-5-11(10-19)6-8-12/h11-12H,2-10,19H2,1H3,(H,20,21)(H,24,25). The summed E-state index contributed by atoms with van der Waals surface area (Å²) in [7, 11) is 1.60. The van der Waals surface area contributed by atoms with Gasteiger partial charge < -0.3 is 15.8 Å². The molecular formula is C18H27N5O4. The first-order valence-corrected chi connectivity index (χ1v) is 9.53. The summed E-state index contributed by atoms with van der Waals surface area (Å²) in [4.78, 5) is 43.6. The van der Waals surface area contributed by atoms with Crippen LogP contribution in [0.5, 0.6) is 0 Å². The number of hydrogen-bond donors (Lipinski definition) is 3. The average Bonchev–Trinajstić information content (AvgIpc) is 3.11. The van der Waals surface area contributed by atoms with Crippen molar-refractivity contribution in [1.29, 1.82) is 0 Å². The first-order chi connectivity index (χ1) is 12.9. The summed E-state index contributed by atoms with van der Waals surface area (Å²) in [5, 5.41) is 8.71. The van der Waals surface area contributed by atoms with Crippen molar-refractivity contribution in [3.05, 3.63) is 26.7 Å². The van der Waals surface area contributed by atoms with Crippen molar-refractivity contribution < 1.29 is 9.90 Å². The Morgan fingerprint density at radius 3 is 2.59 bits per heavy atom. The molecule has 0 aromatic carbocycles. The van der Waals surface area contributed by atoms with Crippen LogP contribution >= 0.6 is 0 Å². The van der Waals surface area contributed by atoms with Gasteiger partial charge in [-0.3, -0.25) is 18.7 Å². The van der Waals surface area contributed by atoms with E-state index < -0.39 is 17.2 Å². The second-order valence-corrected chi connectivity index (χ2v) is 7.42. The summed E-state index contributed by atoms with van der Waals surface area (Å²) in [6, 6.07) is 0. The third kappa shape index (κ3) is 3.97. The highest BCUT2D eigenvalue weighted by molar-refractivity contribution is 5.70. The second-order valence-electron chi connectivity index (χ2n) is 7.42.